The molecule has 0 radical (unpaired) electrons. The second-order valence-corrected chi connectivity index (χ2v) is 7.05. The van der Waals surface area contributed by atoms with Gasteiger partial charge in [-0.3, -0.25) is 0 Å². The Morgan fingerprint density at radius 2 is 1.58 bits per heavy atom. The molecule has 2 aromatic carbocycles. The van der Waals surface area contributed by atoms with E-state index >= 15 is 0 Å². The lowest BCUT2D eigenvalue weighted by molar-refractivity contribution is 0.587. The number of aromatic amines is 3. The highest BCUT2D eigenvalue weighted by Gasteiger charge is 2.23. The van der Waals surface area contributed by atoms with Gasteiger partial charge in [-0.15, -0.1) is 0 Å². The predicted octanol–water partition coefficient (Wildman–Crippen LogP) is 0.318. The van der Waals surface area contributed by atoms with Crippen LogP contribution in [0.2, 0.25) is 0 Å². The monoisotopic (exact) mass is 345 g/mol. The van der Waals surface area contributed by atoms with Gasteiger partial charge in [-0.25, -0.2) is 18.0 Å². The fourth-order valence-electron chi connectivity index (χ4n) is 2.61. The Kier molecular flexibility index (Phi) is 2.76. The lowest BCUT2D eigenvalue weighted by Gasteiger charge is -2.06. The maximum absolute atomic E-state index is 12.9. The van der Waals surface area contributed by atoms with E-state index in [2.05, 4.69) is 15.0 Å². The molecule has 10 heteroatoms. The Labute approximate surface area is 133 Å². The maximum atomic E-state index is 12.9. The summed E-state index contributed by atoms with van der Waals surface area (Å²) in [7, 11) is -4.17. The lowest BCUT2D eigenvalue weighted by Crippen LogP contribution is -2.25. The van der Waals surface area contributed by atoms with E-state index in [1.54, 1.807) is 6.07 Å². The van der Waals surface area contributed by atoms with Gasteiger partial charge in [0.15, 0.2) is 0 Å². The molecule has 0 amide bonds. The third-order valence-electron chi connectivity index (χ3n) is 3.69. The van der Waals surface area contributed by atoms with E-state index in [-0.39, 0.29) is 10.4 Å². The third-order valence-corrected chi connectivity index (χ3v) is 5.39. The first kappa shape index (κ1) is 14.3. The molecule has 0 saturated heterocycles. The molecule has 2 heterocycles. The average Bonchev–Trinajstić information content (AvgIpc) is 3.04. The number of rotatable bonds is 2. The van der Waals surface area contributed by atoms with Crippen molar-refractivity contribution in [2.45, 2.75) is 4.90 Å². The first-order valence-corrected chi connectivity index (χ1v) is 8.28. The standard InChI is InChI=1S/C14H11N5O4S/c15-7-1-3-10-12(5-7)19(14(21)18-10)24(22,23)8-2-4-9-11(6-8)17-13(20)16-9/h1-6H,15H2,(H,18,21)(H2,16,17,20). The zero-order valence-electron chi connectivity index (χ0n) is 12.0. The third kappa shape index (κ3) is 1.97. The van der Waals surface area contributed by atoms with Crippen LogP contribution in [-0.4, -0.2) is 27.3 Å². The number of nitrogen functional groups attached to an aromatic ring is 1. The fraction of sp³-hybridized carbons (Fsp3) is 0. The second kappa shape index (κ2) is 4.61. The van der Waals surface area contributed by atoms with Crippen molar-refractivity contribution >= 4 is 37.8 Å². The van der Waals surface area contributed by atoms with Crippen molar-refractivity contribution in [1.29, 1.82) is 0 Å². The minimum Gasteiger partial charge on any atom is -0.399 e. The zero-order valence-corrected chi connectivity index (χ0v) is 12.8. The Hall–Kier alpha value is -3.27. The topological polar surface area (TPSA) is 147 Å². The number of imidazole rings is 2. The van der Waals surface area contributed by atoms with Gasteiger partial charge in [-0.2, -0.15) is 3.97 Å². The molecular weight excluding hydrogens is 334 g/mol. The van der Waals surface area contributed by atoms with Crippen molar-refractivity contribution in [1.82, 2.24) is 18.9 Å². The van der Waals surface area contributed by atoms with Crippen LogP contribution >= 0.6 is 0 Å². The Balaban J connectivity index is 2.03. The minimum atomic E-state index is -4.17. The molecule has 24 heavy (non-hydrogen) atoms. The van der Waals surface area contributed by atoms with Gasteiger partial charge in [0.05, 0.1) is 27.0 Å². The van der Waals surface area contributed by atoms with E-state index in [1.165, 1.54) is 30.3 Å². The molecule has 0 spiro atoms. The van der Waals surface area contributed by atoms with Crippen LogP contribution in [0.25, 0.3) is 22.1 Å². The number of nitrogens with two attached hydrogens (primary N) is 1. The van der Waals surface area contributed by atoms with Crippen LogP contribution in [0, 0.1) is 0 Å². The number of anilines is 1. The van der Waals surface area contributed by atoms with Crippen molar-refractivity contribution in [2.75, 3.05) is 5.73 Å². The number of nitrogens with one attached hydrogen (secondary N) is 3. The highest BCUT2D eigenvalue weighted by atomic mass is 32.2. The molecular formula is C14H11N5O4S. The Bertz CT molecular complexity index is 1320. The number of benzene rings is 2. The van der Waals surface area contributed by atoms with Gasteiger partial charge in [-0.1, -0.05) is 0 Å². The van der Waals surface area contributed by atoms with Crippen molar-refractivity contribution in [3.05, 3.63) is 57.4 Å². The summed E-state index contributed by atoms with van der Waals surface area (Å²) >= 11 is 0. The zero-order chi connectivity index (χ0) is 17.1. The molecule has 122 valence electrons. The van der Waals surface area contributed by atoms with Gasteiger partial charge in [-0.05, 0) is 36.4 Å². The first-order valence-electron chi connectivity index (χ1n) is 6.84. The van der Waals surface area contributed by atoms with E-state index in [0.29, 0.717) is 26.2 Å². The van der Waals surface area contributed by atoms with Crippen LogP contribution in [0.1, 0.15) is 0 Å². The molecule has 0 unspecified atom stereocenters. The summed E-state index contributed by atoms with van der Waals surface area (Å²) in [5.74, 6) is 0. The van der Waals surface area contributed by atoms with Crippen LogP contribution in [0.15, 0.2) is 50.9 Å². The molecule has 0 aliphatic rings. The summed E-state index contributed by atoms with van der Waals surface area (Å²) in [5, 5.41) is 0. The largest absolute Gasteiger partial charge is 0.399 e. The van der Waals surface area contributed by atoms with Gasteiger partial charge in [0.25, 0.3) is 10.0 Å². The number of H-pyrrole nitrogens is 3. The second-order valence-electron chi connectivity index (χ2n) is 5.26. The van der Waals surface area contributed by atoms with Crippen LogP contribution in [0.5, 0.6) is 0 Å². The summed E-state index contributed by atoms with van der Waals surface area (Å²) in [4.78, 5) is 30.8. The van der Waals surface area contributed by atoms with Gasteiger partial charge in [0, 0.05) is 5.69 Å². The van der Waals surface area contributed by atoms with Crippen LogP contribution in [0.4, 0.5) is 5.69 Å². The average molecular weight is 345 g/mol. The summed E-state index contributed by atoms with van der Waals surface area (Å²) in [6.45, 7) is 0. The fourth-order valence-corrected chi connectivity index (χ4v) is 4.01. The van der Waals surface area contributed by atoms with E-state index in [9.17, 15) is 18.0 Å². The molecule has 9 nitrogen and oxygen atoms in total. The highest BCUT2D eigenvalue weighted by molar-refractivity contribution is 7.90. The van der Waals surface area contributed by atoms with Gasteiger partial charge in [0.1, 0.15) is 0 Å². The van der Waals surface area contributed by atoms with Crippen molar-refractivity contribution < 1.29 is 8.42 Å². The summed E-state index contributed by atoms with van der Waals surface area (Å²) in [6, 6.07) is 8.56. The van der Waals surface area contributed by atoms with E-state index < -0.39 is 21.4 Å². The predicted molar refractivity (Wildman–Crippen MR) is 88.5 cm³/mol. The van der Waals surface area contributed by atoms with Gasteiger partial charge >= 0.3 is 11.4 Å². The van der Waals surface area contributed by atoms with E-state index in [4.69, 9.17) is 5.73 Å². The molecule has 0 atom stereocenters. The molecule has 0 aliphatic heterocycles. The lowest BCUT2D eigenvalue weighted by atomic mass is 10.3. The van der Waals surface area contributed by atoms with Crippen molar-refractivity contribution in [2.24, 2.45) is 0 Å². The number of fused-ring (bicyclic) bond motifs is 2. The highest BCUT2D eigenvalue weighted by Crippen LogP contribution is 2.21. The van der Waals surface area contributed by atoms with Crippen molar-refractivity contribution in [3.8, 4) is 0 Å². The number of hydrogen-bond donors (Lipinski definition) is 4. The van der Waals surface area contributed by atoms with E-state index in [0.717, 1.165) is 0 Å². The minimum absolute atomic E-state index is 0.129. The van der Waals surface area contributed by atoms with Crippen LogP contribution in [0.3, 0.4) is 0 Å². The molecule has 0 fully saturated rings. The summed E-state index contributed by atoms with van der Waals surface area (Å²) < 4.78 is 26.4. The molecule has 4 rings (SSSR count). The smallest absolute Gasteiger partial charge is 0.340 e. The molecule has 5 N–H and O–H groups in total. The van der Waals surface area contributed by atoms with Crippen LogP contribution in [-0.2, 0) is 10.0 Å². The van der Waals surface area contributed by atoms with Gasteiger partial charge in [0.2, 0.25) is 0 Å². The number of hydrogen-bond acceptors (Lipinski definition) is 5. The van der Waals surface area contributed by atoms with Crippen LogP contribution < -0.4 is 17.1 Å². The molecule has 0 saturated carbocycles. The molecule has 0 aliphatic carbocycles. The van der Waals surface area contributed by atoms with E-state index in [1.807, 2.05) is 0 Å². The van der Waals surface area contributed by atoms with Crippen molar-refractivity contribution in [3.63, 3.8) is 0 Å². The normalized spacial score (nSPS) is 12.2. The first-order chi connectivity index (χ1) is 11.4. The summed E-state index contributed by atoms with van der Waals surface area (Å²) in [6.07, 6.45) is 0. The summed E-state index contributed by atoms with van der Waals surface area (Å²) in [5.41, 5.74) is 6.09. The molecule has 4 aromatic rings. The molecule has 0 bridgehead atoms. The Morgan fingerprint density at radius 3 is 2.38 bits per heavy atom. The SMILES string of the molecule is Nc1ccc2[nH]c(=O)n(S(=O)(=O)c3ccc4[nH]c(=O)[nH]c4c3)c2c1. The number of nitrogens with zero attached hydrogens (tertiary/aromatic N) is 1. The quantitative estimate of drug-likeness (QED) is 0.386. The van der Waals surface area contributed by atoms with Gasteiger partial charge < -0.3 is 20.7 Å². The molecule has 2 aromatic heterocycles. The number of aromatic nitrogens is 4. The maximum Gasteiger partial charge on any atom is 0.340 e. The Morgan fingerprint density at radius 1 is 0.875 bits per heavy atom.